The maximum Gasteiger partial charge on any atom is 0.258 e. The number of phenols is 1. The van der Waals surface area contributed by atoms with Crippen molar-refractivity contribution in [2.24, 2.45) is 0 Å². The molecule has 0 bridgehead atoms. The number of hydrogen-bond acceptors (Lipinski definition) is 5. The Morgan fingerprint density at radius 2 is 2.17 bits per heavy atom. The lowest BCUT2D eigenvalue weighted by Crippen LogP contribution is -1.80. The highest BCUT2D eigenvalue weighted by Crippen LogP contribution is 2.28. The van der Waals surface area contributed by atoms with E-state index in [1.807, 2.05) is 23.6 Å². The van der Waals surface area contributed by atoms with Crippen LogP contribution in [0, 0.1) is 3.57 Å². The first-order valence-corrected chi connectivity index (χ1v) is 7.06. The van der Waals surface area contributed by atoms with Crippen LogP contribution in [0.4, 0.5) is 0 Å². The standard InChI is InChI=1S/C12H7IN2O2S/c13-8-4-3-7(6-9(8)16)12-14-11(15-17-12)10-2-1-5-18-10/h1-6,16H. The van der Waals surface area contributed by atoms with Crippen LogP contribution in [-0.4, -0.2) is 15.2 Å². The van der Waals surface area contributed by atoms with Gasteiger partial charge in [0.25, 0.3) is 5.89 Å². The number of aromatic hydroxyl groups is 1. The van der Waals surface area contributed by atoms with Crippen LogP contribution in [0.1, 0.15) is 0 Å². The molecule has 2 heterocycles. The van der Waals surface area contributed by atoms with Gasteiger partial charge in [0.15, 0.2) is 0 Å². The first kappa shape index (κ1) is 11.7. The molecule has 3 aromatic rings. The van der Waals surface area contributed by atoms with Crippen LogP contribution in [0.3, 0.4) is 0 Å². The molecule has 0 fully saturated rings. The highest BCUT2D eigenvalue weighted by Gasteiger charge is 2.12. The molecule has 6 heteroatoms. The molecule has 2 aromatic heterocycles. The van der Waals surface area contributed by atoms with E-state index in [1.165, 1.54) is 0 Å². The fraction of sp³-hybridized carbons (Fsp3) is 0. The Bertz CT molecular complexity index is 679. The van der Waals surface area contributed by atoms with E-state index in [9.17, 15) is 5.11 Å². The molecular formula is C12H7IN2O2S. The van der Waals surface area contributed by atoms with E-state index >= 15 is 0 Å². The molecule has 0 aliphatic rings. The molecule has 1 N–H and O–H groups in total. The van der Waals surface area contributed by atoms with Crippen LogP contribution in [-0.2, 0) is 0 Å². The first-order chi connectivity index (χ1) is 8.74. The maximum absolute atomic E-state index is 9.66. The van der Waals surface area contributed by atoms with E-state index < -0.39 is 0 Å². The maximum atomic E-state index is 9.66. The minimum Gasteiger partial charge on any atom is -0.507 e. The summed E-state index contributed by atoms with van der Waals surface area (Å²) in [7, 11) is 0. The minimum absolute atomic E-state index is 0.212. The van der Waals surface area contributed by atoms with E-state index in [2.05, 4.69) is 32.7 Å². The zero-order valence-electron chi connectivity index (χ0n) is 9.00. The molecule has 18 heavy (non-hydrogen) atoms. The van der Waals surface area contributed by atoms with Gasteiger partial charge in [-0.15, -0.1) is 11.3 Å². The van der Waals surface area contributed by atoms with Gasteiger partial charge in [0.05, 0.1) is 8.45 Å². The van der Waals surface area contributed by atoms with Crippen LogP contribution in [0.15, 0.2) is 40.2 Å². The molecule has 0 saturated carbocycles. The van der Waals surface area contributed by atoms with Crippen molar-refractivity contribution in [2.75, 3.05) is 0 Å². The van der Waals surface area contributed by atoms with E-state index in [0.717, 1.165) is 8.45 Å². The monoisotopic (exact) mass is 370 g/mol. The molecule has 0 aliphatic carbocycles. The first-order valence-electron chi connectivity index (χ1n) is 5.10. The van der Waals surface area contributed by atoms with Gasteiger partial charge in [-0.3, -0.25) is 0 Å². The highest BCUT2D eigenvalue weighted by molar-refractivity contribution is 14.1. The molecule has 0 saturated heterocycles. The van der Waals surface area contributed by atoms with E-state index in [-0.39, 0.29) is 5.75 Å². The topological polar surface area (TPSA) is 59.2 Å². The summed E-state index contributed by atoms with van der Waals surface area (Å²) in [5.74, 6) is 1.19. The normalized spacial score (nSPS) is 10.7. The Labute approximate surface area is 120 Å². The van der Waals surface area contributed by atoms with Gasteiger partial charge in [-0.05, 0) is 52.2 Å². The Balaban J connectivity index is 2.00. The number of benzene rings is 1. The lowest BCUT2D eigenvalue weighted by molar-refractivity contribution is 0.431. The van der Waals surface area contributed by atoms with Crippen molar-refractivity contribution >= 4 is 33.9 Å². The van der Waals surface area contributed by atoms with Crippen molar-refractivity contribution < 1.29 is 9.63 Å². The SMILES string of the molecule is Oc1cc(-c2nc(-c3cccs3)no2)ccc1I. The largest absolute Gasteiger partial charge is 0.507 e. The van der Waals surface area contributed by atoms with Crippen LogP contribution in [0.5, 0.6) is 5.75 Å². The summed E-state index contributed by atoms with van der Waals surface area (Å²) in [6.45, 7) is 0. The molecule has 1 aromatic carbocycles. The number of hydrogen-bond donors (Lipinski definition) is 1. The second-order valence-electron chi connectivity index (χ2n) is 3.57. The third kappa shape index (κ3) is 2.13. The van der Waals surface area contributed by atoms with Gasteiger partial charge in [0.2, 0.25) is 5.82 Å². The summed E-state index contributed by atoms with van der Waals surface area (Å²) < 4.78 is 5.99. The van der Waals surface area contributed by atoms with Crippen LogP contribution in [0.2, 0.25) is 0 Å². The average molecular weight is 370 g/mol. The molecule has 90 valence electrons. The number of nitrogens with zero attached hydrogens (tertiary/aromatic N) is 2. The van der Waals surface area contributed by atoms with Crippen molar-refractivity contribution in [3.8, 4) is 27.9 Å². The Morgan fingerprint density at radius 3 is 2.89 bits per heavy atom. The average Bonchev–Trinajstić information content (AvgIpc) is 3.01. The van der Waals surface area contributed by atoms with Gasteiger partial charge < -0.3 is 9.63 Å². The number of thiophene rings is 1. The zero-order chi connectivity index (χ0) is 12.5. The van der Waals surface area contributed by atoms with Crippen LogP contribution in [0.25, 0.3) is 22.2 Å². The van der Waals surface area contributed by atoms with E-state index in [4.69, 9.17) is 4.52 Å². The van der Waals surface area contributed by atoms with Crippen molar-refractivity contribution in [3.63, 3.8) is 0 Å². The molecule has 0 aliphatic heterocycles. The van der Waals surface area contributed by atoms with Gasteiger partial charge in [-0.25, -0.2) is 0 Å². The second-order valence-corrected chi connectivity index (χ2v) is 5.68. The summed E-state index contributed by atoms with van der Waals surface area (Å²) >= 11 is 3.61. The molecule has 3 rings (SSSR count). The Hall–Kier alpha value is -1.41. The minimum atomic E-state index is 0.212. The molecule has 0 radical (unpaired) electrons. The van der Waals surface area contributed by atoms with Gasteiger partial charge in [0.1, 0.15) is 5.75 Å². The Kier molecular flexibility index (Phi) is 3.04. The third-order valence-corrected chi connectivity index (χ3v) is 4.14. The molecule has 4 nitrogen and oxygen atoms in total. The van der Waals surface area contributed by atoms with Crippen molar-refractivity contribution in [1.82, 2.24) is 10.1 Å². The molecule has 0 unspecified atom stereocenters. The number of aromatic nitrogens is 2. The lowest BCUT2D eigenvalue weighted by atomic mass is 10.2. The number of phenolic OH excluding ortho intramolecular Hbond substituents is 1. The molecular weight excluding hydrogens is 363 g/mol. The van der Waals surface area contributed by atoms with Crippen molar-refractivity contribution in [2.45, 2.75) is 0 Å². The van der Waals surface area contributed by atoms with Crippen molar-refractivity contribution in [3.05, 3.63) is 39.3 Å². The summed E-state index contributed by atoms with van der Waals surface area (Å²) in [5, 5.41) is 15.5. The smallest absolute Gasteiger partial charge is 0.258 e. The van der Waals surface area contributed by atoms with Crippen LogP contribution >= 0.6 is 33.9 Å². The molecule has 0 atom stereocenters. The van der Waals surface area contributed by atoms with Crippen LogP contribution < -0.4 is 0 Å². The quantitative estimate of drug-likeness (QED) is 0.698. The fourth-order valence-corrected chi connectivity index (χ4v) is 2.48. The summed E-state index contributed by atoms with van der Waals surface area (Å²) in [4.78, 5) is 5.27. The van der Waals surface area contributed by atoms with E-state index in [1.54, 1.807) is 23.5 Å². The summed E-state index contributed by atoms with van der Waals surface area (Å²) in [5.41, 5.74) is 0.711. The predicted octanol–water partition coefficient (Wildman–Crippen LogP) is 3.78. The highest BCUT2D eigenvalue weighted by atomic mass is 127. The third-order valence-electron chi connectivity index (χ3n) is 2.36. The fourth-order valence-electron chi connectivity index (χ4n) is 1.49. The molecule has 0 spiro atoms. The Morgan fingerprint density at radius 1 is 1.28 bits per heavy atom. The summed E-state index contributed by atoms with van der Waals surface area (Å²) in [6, 6.07) is 9.14. The van der Waals surface area contributed by atoms with Gasteiger partial charge in [-0.2, -0.15) is 4.98 Å². The molecule has 0 amide bonds. The second kappa shape index (κ2) is 4.69. The van der Waals surface area contributed by atoms with Gasteiger partial charge in [-0.1, -0.05) is 11.2 Å². The van der Waals surface area contributed by atoms with Crippen molar-refractivity contribution in [1.29, 1.82) is 0 Å². The zero-order valence-corrected chi connectivity index (χ0v) is 12.0. The predicted molar refractivity (Wildman–Crippen MR) is 77.4 cm³/mol. The lowest BCUT2D eigenvalue weighted by Gasteiger charge is -1.97. The number of rotatable bonds is 2. The van der Waals surface area contributed by atoms with Gasteiger partial charge >= 0.3 is 0 Å². The number of halogens is 1. The van der Waals surface area contributed by atoms with Gasteiger partial charge in [0, 0.05) is 5.56 Å². The summed E-state index contributed by atoms with van der Waals surface area (Å²) in [6.07, 6.45) is 0. The van der Waals surface area contributed by atoms with E-state index in [0.29, 0.717) is 17.3 Å².